The molecule has 0 heterocycles. The fourth-order valence-corrected chi connectivity index (χ4v) is 2.51. The van der Waals surface area contributed by atoms with Crippen molar-refractivity contribution in [3.05, 3.63) is 95.6 Å². The van der Waals surface area contributed by atoms with Gasteiger partial charge in [-0.1, -0.05) is 48.5 Å². The van der Waals surface area contributed by atoms with E-state index in [9.17, 15) is 9.90 Å². The highest BCUT2D eigenvalue weighted by Gasteiger charge is 2.04. The Labute approximate surface area is 158 Å². The van der Waals surface area contributed by atoms with E-state index in [0.29, 0.717) is 12.3 Å². The summed E-state index contributed by atoms with van der Waals surface area (Å²) in [6.07, 6.45) is 3.14. The van der Waals surface area contributed by atoms with E-state index in [-0.39, 0.29) is 11.7 Å². The number of amides is 1. The van der Waals surface area contributed by atoms with Gasteiger partial charge in [0.15, 0.2) is 0 Å². The summed E-state index contributed by atoms with van der Waals surface area (Å²) >= 11 is 0. The van der Waals surface area contributed by atoms with Crippen LogP contribution in [0.5, 0.6) is 11.5 Å². The normalized spacial score (nSPS) is 10.7. The minimum atomic E-state index is -0.307. The Kier molecular flexibility index (Phi) is 5.90. The minimum Gasteiger partial charge on any atom is -0.506 e. The summed E-state index contributed by atoms with van der Waals surface area (Å²) < 4.78 is 5.74. The number of phenols is 1. The Balaban J connectivity index is 1.54. The fraction of sp³-hybridized carbons (Fsp3) is 0.0870. The molecule has 27 heavy (non-hydrogen) atoms. The standard InChI is InChI=1S/C23H21NO3/c1-17-7-13-21(22(25)15-17)24-23(26)14-10-18-8-11-20(12-9-18)27-16-19-5-3-2-4-6-19/h2-15,25H,16H2,1H3,(H,24,26)/b14-10+. The van der Waals surface area contributed by atoms with Gasteiger partial charge in [0.05, 0.1) is 5.69 Å². The van der Waals surface area contributed by atoms with Crippen LogP contribution in [-0.4, -0.2) is 11.0 Å². The molecule has 136 valence electrons. The van der Waals surface area contributed by atoms with Crippen molar-refractivity contribution in [3.63, 3.8) is 0 Å². The van der Waals surface area contributed by atoms with Crippen molar-refractivity contribution in [1.82, 2.24) is 0 Å². The minimum absolute atomic E-state index is 0.0525. The molecule has 0 unspecified atom stereocenters. The van der Waals surface area contributed by atoms with Gasteiger partial charge in [0.25, 0.3) is 0 Å². The second-order valence-electron chi connectivity index (χ2n) is 6.19. The summed E-state index contributed by atoms with van der Waals surface area (Å²) in [4.78, 5) is 12.0. The number of hydrogen-bond donors (Lipinski definition) is 2. The zero-order chi connectivity index (χ0) is 19.1. The first-order chi connectivity index (χ1) is 13.1. The zero-order valence-corrected chi connectivity index (χ0v) is 15.1. The number of hydrogen-bond acceptors (Lipinski definition) is 3. The number of nitrogens with one attached hydrogen (secondary N) is 1. The van der Waals surface area contributed by atoms with E-state index in [2.05, 4.69) is 5.32 Å². The van der Waals surface area contributed by atoms with Crippen molar-refractivity contribution in [2.75, 3.05) is 5.32 Å². The molecule has 0 aliphatic heterocycles. The first-order valence-corrected chi connectivity index (χ1v) is 8.65. The number of ether oxygens (including phenoxy) is 1. The van der Waals surface area contributed by atoms with E-state index in [1.165, 1.54) is 6.08 Å². The Morgan fingerprint density at radius 2 is 1.78 bits per heavy atom. The summed E-state index contributed by atoms with van der Waals surface area (Å²) in [5.41, 5.74) is 3.30. The number of carbonyl (C=O) groups is 1. The van der Waals surface area contributed by atoms with E-state index in [4.69, 9.17) is 4.74 Å². The highest BCUT2D eigenvalue weighted by Crippen LogP contribution is 2.23. The van der Waals surface area contributed by atoms with Crippen molar-refractivity contribution >= 4 is 17.7 Å². The number of phenolic OH excluding ortho intramolecular Hbond substituents is 1. The van der Waals surface area contributed by atoms with Crippen molar-refractivity contribution in [1.29, 1.82) is 0 Å². The maximum Gasteiger partial charge on any atom is 0.248 e. The maximum absolute atomic E-state index is 12.0. The van der Waals surface area contributed by atoms with Crippen LogP contribution in [0.2, 0.25) is 0 Å². The molecular weight excluding hydrogens is 338 g/mol. The van der Waals surface area contributed by atoms with Crippen LogP contribution in [0.15, 0.2) is 78.9 Å². The third-order valence-corrected chi connectivity index (χ3v) is 3.97. The molecule has 2 N–H and O–H groups in total. The SMILES string of the molecule is Cc1ccc(NC(=O)/C=C/c2ccc(OCc3ccccc3)cc2)c(O)c1. The van der Waals surface area contributed by atoms with E-state index >= 15 is 0 Å². The van der Waals surface area contributed by atoms with Gasteiger partial charge in [-0.25, -0.2) is 0 Å². The molecule has 0 saturated heterocycles. The highest BCUT2D eigenvalue weighted by atomic mass is 16.5. The van der Waals surface area contributed by atoms with Crippen molar-refractivity contribution in [2.45, 2.75) is 13.5 Å². The van der Waals surface area contributed by atoms with Crippen LogP contribution in [0.3, 0.4) is 0 Å². The molecule has 4 heteroatoms. The van der Waals surface area contributed by atoms with Crippen LogP contribution in [0, 0.1) is 6.92 Å². The van der Waals surface area contributed by atoms with E-state index < -0.39 is 0 Å². The molecule has 0 spiro atoms. The van der Waals surface area contributed by atoms with Crippen LogP contribution >= 0.6 is 0 Å². The third-order valence-electron chi connectivity index (χ3n) is 3.97. The average Bonchev–Trinajstić information content (AvgIpc) is 2.68. The number of benzene rings is 3. The second-order valence-corrected chi connectivity index (χ2v) is 6.19. The maximum atomic E-state index is 12.0. The molecule has 0 fully saturated rings. The average molecular weight is 359 g/mol. The zero-order valence-electron chi connectivity index (χ0n) is 15.1. The van der Waals surface area contributed by atoms with Gasteiger partial charge in [0.1, 0.15) is 18.1 Å². The lowest BCUT2D eigenvalue weighted by Crippen LogP contribution is -2.07. The van der Waals surface area contributed by atoms with Gasteiger partial charge in [0, 0.05) is 6.08 Å². The number of rotatable bonds is 6. The molecule has 1 amide bonds. The molecular formula is C23H21NO3. The topological polar surface area (TPSA) is 58.6 Å². The molecule has 0 aromatic heterocycles. The number of aryl methyl sites for hydroxylation is 1. The van der Waals surface area contributed by atoms with Crippen molar-refractivity contribution < 1.29 is 14.6 Å². The molecule has 0 atom stereocenters. The van der Waals surface area contributed by atoms with Crippen molar-refractivity contribution in [2.24, 2.45) is 0 Å². The number of anilines is 1. The Hall–Kier alpha value is -3.53. The van der Waals surface area contributed by atoms with Gasteiger partial charge in [-0.3, -0.25) is 4.79 Å². The molecule has 4 nitrogen and oxygen atoms in total. The lowest BCUT2D eigenvalue weighted by molar-refractivity contribution is -0.111. The van der Waals surface area contributed by atoms with Crippen LogP contribution in [0.1, 0.15) is 16.7 Å². The Bertz CT molecular complexity index is 932. The van der Waals surface area contributed by atoms with E-state index in [1.54, 1.807) is 18.2 Å². The Morgan fingerprint density at radius 3 is 2.48 bits per heavy atom. The largest absolute Gasteiger partial charge is 0.506 e. The molecule has 0 aliphatic carbocycles. The molecule has 0 bridgehead atoms. The monoisotopic (exact) mass is 359 g/mol. The highest BCUT2D eigenvalue weighted by molar-refractivity contribution is 6.02. The lowest BCUT2D eigenvalue weighted by Gasteiger charge is -2.07. The number of carbonyl (C=O) groups excluding carboxylic acids is 1. The van der Waals surface area contributed by atoms with Gasteiger partial charge in [-0.05, 0) is 54.0 Å². The quantitative estimate of drug-likeness (QED) is 0.484. The summed E-state index contributed by atoms with van der Waals surface area (Å²) in [5.74, 6) is 0.514. The predicted octanol–water partition coefficient (Wildman–Crippen LogP) is 4.93. The predicted molar refractivity (Wildman–Crippen MR) is 108 cm³/mol. The second kappa shape index (κ2) is 8.72. The van der Waals surface area contributed by atoms with E-state index in [0.717, 1.165) is 22.4 Å². The first kappa shape index (κ1) is 18.3. The summed E-state index contributed by atoms with van der Waals surface area (Å²) in [6, 6.07) is 22.6. The lowest BCUT2D eigenvalue weighted by atomic mass is 10.2. The van der Waals surface area contributed by atoms with Gasteiger partial charge >= 0.3 is 0 Å². The van der Waals surface area contributed by atoms with Gasteiger partial charge < -0.3 is 15.2 Å². The smallest absolute Gasteiger partial charge is 0.248 e. The first-order valence-electron chi connectivity index (χ1n) is 8.65. The van der Waals surface area contributed by atoms with Crippen LogP contribution in [-0.2, 0) is 11.4 Å². The Morgan fingerprint density at radius 1 is 1.04 bits per heavy atom. The molecule has 0 aliphatic rings. The van der Waals surface area contributed by atoms with Gasteiger partial charge in [0.2, 0.25) is 5.91 Å². The summed E-state index contributed by atoms with van der Waals surface area (Å²) in [7, 11) is 0. The summed E-state index contributed by atoms with van der Waals surface area (Å²) in [6.45, 7) is 2.39. The van der Waals surface area contributed by atoms with Crippen LogP contribution in [0.25, 0.3) is 6.08 Å². The summed E-state index contributed by atoms with van der Waals surface area (Å²) in [5, 5.41) is 12.5. The third kappa shape index (κ3) is 5.47. The molecule has 0 saturated carbocycles. The van der Waals surface area contributed by atoms with Gasteiger partial charge in [-0.15, -0.1) is 0 Å². The van der Waals surface area contributed by atoms with Crippen LogP contribution in [0.4, 0.5) is 5.69 Å². The molecule has 3 rings (SSSR count). The molecule has 3 aromatic carbocycles. The molecule has 0 radical (unpaired) electrons. The molecule has 3 aromatic rings. The fourth-order valence-electron chi connectivity index (χ4n) is 2.51. The van der Waals surface area contributed by atoms with E-state index in [1.807, 2.05) is 67.6 Å². The van der Waals surface area contributed by atoms with Gasteiger partial charge in [-0.2, -0.15) is 0 Å². The number of aromatic hydroxyl groups is 1. The van der Waals surface area contributed by atoms with Crippen LogP contribution < -0.4 is 10.1 Å². The van der Waals surface area contributed by atoms with Crippen molar-refractivity contribution in [3.8, 4) is 11.5 Å².